The smallest absolute Gasteiger partial charge is 0.319 e. The van der Waals surface area contributed by atoms with E-state index in [9.17, 15) is 4.79 Å². The van der Waals surface area contributed by atoms with Crippen LogP contribution >= 0.6 is 0 Å². The van der Waals surface area contributed by atoms with E-state index < -0.39 is 0 Å². The maximum Gasteiger partial charge on any atom is 0.319 e. The lowest BCUT2D eigenvalue weighted by molar-refractivity contribution is 0.251. The van der Waals surface area contributed by atoms with Crippen LogP contribution in [0.1, 0.15) is 30.0 Å². The van der Waals surface area contributed by atoms with Gasteiger partial charge in [0, 0.05) is 35.1 Å². The van der Waals surface area contributed by atoms with Gasteiger partial charge in [0.15, 0.2) is 0 Å². The number of aryl methyl sites for hydroxylation is 1. The van der Waals surface area contributed by atoms with Crippen LogP contribution in [0.3, 0.4) is 0 Å². The molecule has 1 heterocycles. The van der Waals surface area contributed by atoms with Crippen molar-refractivity contribution in [3.8, 4) is 5.75 Å². The molecule has 2 amide bonds. The quantitative estimate of drug-likeness (QED) is 0.637. The summed E-state index contributed by atoms with van der Waals surface area (Å²) in [6.45, 7) is 4.78. The maximum absolute atomic E-state index is 12.4. The van der Waals surface area contributed by atoms with E-state index in [1.165, 1.54) is 11.1 Å². The monoisotopic (exact) mass is 387 g/mol. The molecule has 1 aliphatic rings. The molecule has 5 heteroatoms. The number of ether oxygens (including phenoxy) is 1. The summed E-state index contributed by atoms with van der Waals surface area (Å²) in [4.78, 5) is 16.5. The van der Waals surface area contributed by atoms with Crippen molar-refractivity contribution in [1.29, 1.82) is 0 Å². The number of urea groups is 1. The van der Waals surface area contributed by atoms with E-state index in [1.807, 2.05) is 42.5 Å². The van der Waals surface area contributed by atoms with Crippen LogP contribution in [-0.2, 0) is 12.0 Å². The minimum Gasteiger partial charge on any atom is -0.489 e. The summed E-state index contributed by atoms with van der Waals surface area (Å²) in [6.07, 6.45) is 4.47. The Bertz CT molecular complexity index is 989. The van der Waals surface area contributed by atoms with Crippen LogP contribution in [0.5, 0.6) is 5.75 Å². The molecule has 29 heavy (non-hydrogen) atoms. The van der Waals surface area contributed by atoms with Gasteiger partial charge in [0.05, 0.1) is 0 Å². The lowest BCUT2D eigenvalue weighted by Gasteiger charge is -2.16. The summed E-state index contributed by atoms with van der Waals surface area (Å²) in [5, 5.41) is 5.99. The second-order valence-corrected chi connectivity index (χ2v) is 7.76. The summed E-state index contributed by atoms with van der Waals surface area (Å²) < 4.78 is 5.75. The molecular formula is C24H25N3O2. The average Bonchev–Trinajstić information content (AvgIpc) is 3.38. The number of carbonyl (C=O) groups is 1. The predicted octanol–water partition coefficient (Wildman–Crippen LogP) is 4.82. The van der Waals surface area contributed by atoms with Gasteiger partial charge in [-0.15, -0.1) is 0 Å². The van der Waals surface area contributed by atoms with Gasteiger partial charge >= 0.3 is 6.03 Å². The summed E-state index contributed by atoms with van der Waals surface area (Å²) in [6, 6.07) is 19.6. The third kappa shape index (κ3) is 4.40. The molecule has 2 atom stereocenters. The number of carbonyl (C=O) groups excluding carboxylic acids is 1. The van der Waals surface area contributed by atoms with E-state index in [4.69, 9.17) is 4.74 Å². The number of rotatable bonds is 6. The van der Waals surface area contributed by atoms with Crippen molar-refractivity contribution in [2.24, 2.45) is 0 Å². The zero-order valence-electron chi connectivity index (χ0n) is 16.7. The van der Waals surface area contributed by atoms with Gasteiger partial charge in [0.1, 0.15) is 12.4 Å². The maximum atomic E-state index is 12.4. The third-order valence-electron chi connectivity index (χ3n) is 5.54. The van der Waals surface area contributed by atoms with Crippen LogP contribution in [0, 0.1) is 6.92 Å². The Morgan fingerprint density at radius 2 is 1.93 bits per heavy atom. The minimum atomic E-state index is -0.184. The molecule has 3 aromatic rings. The molecule has 4 rings (SSSR count). The molecule has 1 aliphatic carbocycles. The first-order chi connectivity index (χ1) is 14.0. The number of hydrogen-bond donors (Lipinski definition) is 2. The second kappa shape index (κ2) is 7.95. The topological polar surface area (TPSA) is 63.2 Å². The molecule has 148 valence electrons. The highest BCUT2D eigenvalue weighted by Crippen LogP contribution is 2.49. The van der Waals surface area contributed by atoms with Gasteiger partial charge in [-0.25, -0.2) is 4.79 Å². The highest BCUT2D eigenvalue weighted by atomic mass is 16.5. The summed E-state index contributed by atoms with van der Waals surface area (Å²) in [5.74, 6) is 0.745. The van der Waals surface area contributed by atoms with Gasteiger partial charge in [0.2, 0.25) is 0 Å². The second-order valence-electron chi connectivity index (χ2n) is 7.76. The van der Waals surface area contributed by atoms with Gasteiger partial charge in [-0.1, -0.05) is 37.3 Å². The molecule has 2 unspecified atom stereocenters. The molecule has 1 fully saturated rings. The Balaban J connectivity index is 1.29. The van der Waals surface area contributed by atoms with Crippen molar-refractivity contribution < 1.29 is 9.53 Å². The first-order valence-electron chi connectivity index (χ1n) is 9.80. The minimum absolute atomic E-state index is 0.00662. The molecule has 0 saturated heterocycles. The highest BCUT2D eigenvalue weighted by molar-refractivity contribution is 5.90. The van der Waals surface area contributed by atoms with E-state index in [0.29, 0.717) is 6.61 Å². The van der Waals surface area contributed by atoms with Crippen molar-refractivity contribution in [3.05, 3.63) is 89.7 Å². The fraction of sp³-hybridized carbons (Fsp3) is 0.250. The number of benzene rings is 2. The molecule has 2 aromatic carbocycles. The average molecular weight is 387 g/mol. The predicted molar refractivity (Wildman–Crippen MR) is 114 cm³/mol. The van der Waals surface area contributed by atoms with Gasteiger partial charge in [-0.2, -0.15) is 0 Å². The van der Waals surface area contributed by atoms with Crippen LogP contribution in [0.4, 0.5) is 10.5 Å². The van der Waals surface area contributed by atoms with Crippen molar-refractivity contribution in [2.45, 2.75) is 38.3 Å². The zero-order valence-corrected chi connectivity index (χ0v) is 16.7. The van der Waals surface area contributed by atoms with Crippen molar-refractivity contribution in [2.75, 3.05) is 5.32 Å². The first kappa shape index (κ1) is 19.0. The number of anilines is 1. The Labute approximate surface area is 171 Å². The molecule has 0 spiro atoms. The van der Waals surface area contributed by atoms with E-state index in [-0.39, 0.29) is 17.5 Å². The molecule has 1 aromatic heterocycles. The Hall–Kier alpha value is -3.34. The number of aromatic nitrogens is 1. The lowest BCUT2D eigenvalue weighted by Crippen LogP contribution is -2.34. The van der Waals surface area contributed by atoms with Gasteiger partial charge < -0.3 is 15.4 Å². The lowest BCUT2D eigenvalue weighted by atomic mass is 9.93. The van der Waals surface area contributed by atoms with Crippen molar-refractivity contribution in [1.82, 2.24) is 10.3 Å². The van der Waals surface area contributed by atoms with Crippen LogP contribution in [0.25, 0.3) is 0 Å². The number of pyridine rings is 1. The zero-order chi connectivity index (χ0) is 20.3. The molecular weight excluding hydrogens is 362 g/mol. The third-order valence-corrected chi connectivity index (χ3v) is 5.54. The summed E-state index contributed by atoms with van der Waals surface area (Å²) in [5.41, 5.74) is 4.32. The highest BCUT2D eigenvalue weighted by Gasteiger charge is 2.52. The standard InChI is InChI=1S/C24H25N3O2/c1-17-6-3-4-8-21(17)24(2)14-22(24)27-23(28)26-19-9-11-20(12-10-19)29-16-18-7-5-13-25-15-18/h3-13,15,22H,14,16H2,1-2H3,(H2,26,27,28). The molecule has 0 bridgehead atoms. The van der Waals surface area contributed by atoms with E-state index in [0.717, 1.165) is 23.4 Å². The van der Waals surface area contributed by atoms with Crippen LogP contribution in [0.15, 0.2) is 73.1 Å². The molecule has 0 aliphatic heterocycles. The molecule has 2 N–H and O–H groups in total. The molecule has 1 saturated carbocycles. The fourth-order valence-electron chi connectivity index (χ4n) is 3.70. The summed E-state index contributed by atoms with van der Waals surface area (Å²) >= 11 is 0. The summed E-state index contributed by atoms with van der Waals surface area (Å²) in [7, 11) is 0. The number of amides is 2. The van der Waals surface area contributed by atoms with E-state index in [2.05, 4.69) is 47.7 Å². The SMILES string of the molecule is Cc1ccccc1C1(C)CC1NC(=O)Nc1ccc(OCc2cccnc2)cc1. The van der Waals surface area contributed by atoms with Crippen LogP contribution in [0.2, 0.25) is 0 Å². The number of nitrogens with one attached hydrogen (secondary N) is 2. The normalized spacial score (nSPS) is 20.0. The Kier molecular flexibility index (Phi) is 5.21. The molecule has 0 radical (unpaired) electrons. The van der Waals surface area contributed by atoms with Crippen LogP contribution < -0.4 is 15.4 Å². The van der Waals surface area contributed by atoms with Gasteiger partial charge in [0.25, 0.3) is 0 Å². The molecule has 5 nitrogen and oxygen atoms in total. The fourth-order valence-corrected chi connectivity index (χ4v) is 3.70. The number of hydrogen-bond acceptors (Lipinski definition) is 3. The Morgan fingerprint density at radius 3 is 2.66 bits per heavy atom. The Morgan fingerprint density at radius 1 is 1.14 bits per heavy atom. The number of nitrogens with zero attached hydrogens (tertiary/aromatic N) is 1. The van der Waals surface area contributed by atoms with Gasteiger partial charge in [-0.05, 0) is 54.8 Å². The van der Waals surface area contributed by atoms with E-state index >= 15 is 0 Å². The van der Waals surface area contributed by atoms with Gasteiger partial charge in [-0.3, -0.25) is 4.98 Å². The van der Waals surface area contributed by atoms with E-state index in [1.54, 1.807) is 12.4 Å². The largest absolute Gasteiger partial charge is 0.489 e. The first-order valence-corrected chi connectivity index (χ1v) is 9.80. The van der Waals surface area contributed by atoms with Crippen molar-refractivity contribution >= 4 is 11.7 Å². The van der Waals surface area contributed by atoms with Crippen LogP contribution in [-0.4, -0.2) is 17.1 Å². The van der Waals surface area contributed by atoms with Crippen molar-refractivity contribution in [3.63, 3.8) is 0 Å².